The van der Waals surface area contributed by atoms with E-state index < -0.39 is 17.5 Å². The van der Waals surface area contributed by atoms with Crippen LogP contribution in [0.15, 0.2) is 54.6 Å². The summed E-state index contributed by atoms with van der Waals surface area (Å²) in [7, 11) is 0. The molecule has 0 unspecified atom stereocenters. The van der Waals surface area contributed by atoms with E-state index >= 15 is 0 Å². The quantitative estimate of drug-likeness (QED) is 0.809. The van der Waals surface area contributed by atoms with Gasteiger partial charge in [0.15, 0.2) is 12.2 Å². The van der Waals surface area contributed by atoms with Crippen LogP contribution in [0.4, 0.5) is 5.69 Å². The largest absolute Gasteiger partial charge is 0.476 e. The Bertz CT molecular complexity index is 699. The lowest BCUT2D eigenvalue weighted by Gasteiger charge is -2.24. The molecule has 2 rings (SSSR count). The molecule has 0 aliphatic heterocycles. The van der Waals surface area contributed by atoms with E-state index in [1.54, 1.807) is 62.4 Å². The third-order valence-corrected chi connectivity index (χ3v) is 3.32. The molecule has 0 saturated heterocycles. The number of carbonyl (C=O) groups is 2. The van der Waals surface area contributed by atoms with Crippen LogP contribution in [0.3, 0.4) is 0 Å². The average molecular weight is 348 g/mol. The second-order valence-electron chi connectivity index (χ2n) is 5.56. The summed E-state index contributed by atoms with van der Waals surface area (Å²) in [5, 5.41) is 3.20. The second kappa shape index (κ2) is 7.84. The number of hydrogen-bond acceptors (Lipinski definition) is 4. The number of anilines is 1. The molecule has 0 aliphatic rings. The highest BCUT2D eigenvalue weighted by molar-refractivity contribution is 6.30. The van der Waals surface area contributed by atoms with Crippen molar-refractivity contribution in [2.24, 2.45) is 0 Å². The van der Waals surface area contributed by atoms with Crippen molar-refractivity contribution < 1.29 is 19.1 Å². The first kappa shape index (κ1) is 17.8. The zero-order chi connectivity index (χ0) is 17.6. The van der Waals surface area contributed by atoms with Crippen molar-refractivity contribution in [2.75, 3.05) is 11.9 Å². The van der Waals surface area contributed by atoms with Crippen LogP contribution < -0.4 is 10.1 Å². The molecule has 2 aromatic rings. The summed E-state index contributed by atoms with van der Waals surface area (Å²) < 4.78 is 10.6. The van der Waals surface area contributed by atoms with Crippen LogP contribution in [-0.4, -0.2) is 24.1 Å². The molecule has 0 aromatic heterocycles. The lowest BCUT2D eigenvalue weighted by Crippen LogP contribution is -2.41. The van der Waals surface area contributed by atoms with Crippen LogP contribution in [0.25, 0.3) is 0 Å². The van der Waals surface area contributed by atoms with E-state index in [9.17, 15) is 9.59 Å². The summed E-state index contributed by atoms with van der Waals surface area (Å²) in [6, 6.07) is 15.5. The van der Waals surface area contributed by atoms with Crippen molar-refractivity contribution >= 4 is 29.2 Å². The molecular formula is C18H18ClNO4. The van der Waals surface area contributed by atoms with Crippen LogP contribution in [0.5, 0.6) is 5.75 Å². The molecule has 2 aromatic carbocycles. The van der Waals surface area contributed by atoms with Crippen molar-refractivity contribution in [1.82, 2.24) is 0 Å². The third kappa shape index (κ3) is 5.28. The number of benzene rings is 2. The van der Waals surface area contributed by atoms with Gasteiger partial charge in [-0.3, -0.25) is 4.79 Å². The van der Waals surface area contributed by atoms with Gasteiger partial charge in [0.25, 0.3) is 5.91 Å². The molecule has 126 valence electrons. The minimum atomic E-state index is -1.24. The number of halogens is 1. The molecule has 0 fully saturated rings. The lowest BCUT2D eigenvalue weighted by atomic mass is 10.1. The molecule has 1 amide bonds. The van der Waals surface area contributed by atoms with E-state index in [2.05, 4.69) is 5.32 Å². The van der Waals surface area contributed by atoms with Gasteiger partial charge in [-0.15, -0.1) is 0 Å². The highest BCUT2D eigenvalue weighted by Crippen LogP contribution is 2.21. The van der Waals surface area contributed by atoms with E-state index in [1.807, 2.05) is 6.07 Å². The zero-order valence-electron chi connectivity index (χ0n) is 13.4. The maximum absolute atomic E-state index is 12.1. The smallest absolute Gasteiger partial charge is 0.350 e. The predicted octanol–water partition coefficient (Wildman–Crippen LogP) is 3.68. The number of para-hydroxylation sites is 1. The first-order chi connectivity index (χ1) is 11.4. The number of ether oxygens (including phenoxy) is 2. The Morgan fingerprint density at radius 2 is 1.67 bits per heavy atom. The van der Waals surface area contributed by atoms with E-state index in [0.717, 1.165) is 0 Å². The summed E-state index contributed by atoms with van der Waals surface area (Å²) in [6.07, 6.45) is 0. The van der Waals surface area contributed by atoms with E-state index in [-0.39, 0.29) is 6.61 Å². The van der Waals surface area contributed by atoms with Gasteiger partial charge < -0.3 is 14.8 Å². The summed E-state index contributed by atoms with van der Waals surface area (Å²) in [4.78, 5) is 23.9. The number of carbonyl (C=O) groups excluding carboxylic acids is 2. The Morgan fingerprint density at radius 1 is 1.04 bits per heavy atom. The minimum absolute atomic E-state index is 0.388. The van der Waals surface area contributed by atoms with Crippen LogP contribution >= 0.6 is 11.6 Å². The van der Waals surface area contributed by atoms with Crippen molar-refractivity contribution in [3.8, 4) is 5.75 Å². The van der Waals surface area contributed by atoms with Crippen molar-refractivity contribution in [3.05, 3.63) is 59.6 Å². The first-order valence-electron chi connectivity index (χ1n) is 7.33. The Kier molecular flexibility index (Phi) is 5.82. The number of rotatable bonds is 6. The van der Waals surface area contributed by atoms with Crippen LogP contribution in [-0.2, 0) is 14.3 Å². The van der Waals surface area contributed by atoms with Crippen molar-refractivity contribution in [3.63, 3.8) is 0 Å². The molecule has 5 nitrogen and oxygen atoms in total. The normalized spacial score (nSPS) is 10.8. The SMILES string of the molecule is CC(C)(Oc1ccc(Cl)cc1)C(=O)OCC(=O)Nc1ccccc1. The molecular weight excluding hydrogens is 330 g/mol. The van der Waals surface area contributed by atoms with Crippen LogP contribution in [0.1, 0.15) is 13.8 Å². The molecule has 0 saturated carbocycles. The molecule has 24 heavy (non-hydrogen) atoms. The van der Waals surface area contributed by atoms with Gasteiger partial charge in [-0.2, -0.15) is 0 Å². The van der Waals surface area contributed by atoms with Crippen LogP contribution in [0.2, 0.25) is 5.02 Å². The predicted molar refractivity (Wildman–Crippen MR) is 92.2 cm³/mol. The van der Waals surface area contributed by atoms with Gasteiger partial charge in [0, 0.05) is 10.7 Å². The first-order valence-corrected chi connectivity index (χ1v) is 7.71. The Morgan fingerprint density at radius 3 is 2.29 bits per heavy atom. The molecule has 1 N–H and O–H groups in total. The van der Waals surface area contributed by atoms with E-state index in [1.165, 1.54) is 0 Å². The lowest BCUT2D eigenvalue weighted by molar-refractivity contribution is -0.161. The minimum Gasteiger partial charge on any atom is -0.476 e. The molecule has 6 heteroatoms. The van der Waals surface area contributed by atoms with Crippen molar-refractivity contribution in [1.29, 1.82) is 0 Å². The molecule has 0 atom stereocenters. The molecule has 0 spiro atoms. The Labute approximate surface area is 145 Å². The summed E-state index contributed by atoms with van der Waals surface area (Å²) >= 11 is 5.80. The fraction of sp³-hybridized carbons (Fsp3) is 0.222. The highest BCUT2D eigenvalue weighted by Gasteiger charge is 2.32. The van der Waals surface area contributed by atoms with Crippen LogP contribution in [0, 0.1) is 0 Å². The molecule has 0 bridgehead atoms. The van der Waals surface area contributed by atoms with Crippen molar-refractivity contribution in [2.45, 2.75) is 19.4 Å². The number of hydrogen-bond donors (Lipinski definition) is 1. The summed E-state index contributed by atoms with van der Waals surface area (Å²) in [5.41, 5.74) is -0.601. The fourth-order valence-corrected chi connectivity index (χ4v) is 1.99. The van der Waals surface area contributed by atoms with E-state index in [4.69, 9.17) is 21.1 Å². The number of amides is 1. The summed E-state index contributed by atoms with van der Waals surface area (Å²) in [5.74, 6) is -0.576. The second-order valence-corrected chi connectivity index (χ2v) is 5.99. The summed E-state index contributed by atoms with van der Waals surface area (Å²) in [6.45, 7) is 2.75. The van der Waals surface area contributed by atoms with Gasteiger partial charge in [-0.1, -0.05) is 29.8 Å². The van der Waals surface area contributed by atoms with Gasteiger partial charge in [-0.25, -0.2) is 4.79 Å². The third-order valence-electron chi connectivity index (χ3n) is 3.07. The molecule has 0 radical (unpaired) electrons. The zero-order valence-corrected chi connectivity index (χ0v) is 14.2. The number of esters is 1. The fourth-order valence-electron chi connectivity index (χ4n) is 1.86. The van der Waals surface area contributed by atoms with Gasteiger partial charge in [0.05, 0.1) is 0 Å². The number of nitrogens with one attached hydrogen (secondary N) is 1. The highest BCUT2D eigenvalue weighted by atomic mass is 35.5. The molecule has 0 aliphatic carbocycles. The Hall–Kier alpha value is -2.53. The van der Waals surface area contributed by atoms with Gasteiger partial charge in [0.2, 0.25) is 0 Å². The standard InChI is InChI=1S/C18H18ClNO4/c1-18(2,24-15-10-8-13(19)9-11-15)17(22)23-12-16(21)20-14-6-4-3-5-7-14/h3-11H,12H2,1-2H3,(H,20,21). The maximum Gasteiger partial charge on any atom is 0.350 e. The maximum atomic E-state index is 12.1. The monoisotopic (exact) mass is 347 g/mol. The molecule has 0 heterocycles. The topological polar surface area (TPSA) is 64.6 Å². The average Bonchev–Trinajstić information content (AvgIpc) is 2.55. The van der Waals surface area contributed by atoms with Gasteiger partial charge in [0.1, 0.15) is 5.75 Å². The Balaban J connectivity index is 1.86. The van der Waals surface area contributed by atoms with E-state index in [0.29, 0.717) is 16.5 Å². The van der Waals surface area contributed by atoms with Gasteiger partial charge >= 0.3 is 5.97 Å². The van der Waals surface area contributed by atoms with Gasteiger partial charge in [-0.05, 0) is 50.2 Å².